The van der Waals surface area contributed by atoms with Gasteiger partial charge in [-0.25, -0.2) is 0 Å². The summed E-state index contributed by atoms with van der Waals surface area (Å²) in [6.07, 6.45) is 10.4. The SMILES string of the molecule is CCCC[N+](CCCC)(CCCC)CCCC.Cc1cc(CCC([O-])O)c(C)o1. The van der Waals surface area contributed by atoms with Gasteiger partial charge in [-0.1, -0.05) is 53.4 Å². The summed E-state index contributed by atoms with van der Waals surface area (Å²) in [7, 11) is 0. The molecular weight excluding hydrogens is 362 g/mol. The van der Waals surface area contributed by atoms with E-state index in [1.54, 1.807) is 0 Å². The molecule has 1 atom stereocenters. The summed E-state index contributed by atoms with van der Waals surface area (Å²) in [6, 6.07) is 1.90. The number of quaternary nitrogens is 1. The zero-order valence-corrected chi connectivity index (χ0v) is 20.3. The maximum atomic E-state index is 10.3. The van der Waals surface area contributed by atoms with Gasteiger partial charge in [-0.05, 0) is 70.3 Å². The van der Waals surface area contributed by atoms with Crippen LogP contribution in [-0.2, 0) is 6.42 Å². The first-order valence-electron chi connectivity index (χ1n) is 12.1. The Morgan fingerprint density at radius 3 is 1.55 bits per heavy atom. The van der Waals surface area contributed by atoms with Crippen LogP contribution in [0, 0.1) is 13.8 Å². The van der Waals surface area contributed by atoms with Crippen molar-refractivity contribution in [1.29, 1.82) is 0 Å². The summed E-state index contributed by atoms with van der Waals surface area (Å²) in [5.41, 5.74) is 1.02. The topological polar surface area (TPSA) is 56.4 Å². The van der Waals surface area contributed by atoms with Gasteiger partial charge in [0.05, 0.1) is 26.2 Å². The minimum Gasteiger partial charge on any atom is -0.831 e. The molecule has 172 valence electrons. The van der Waals surface area contributed by atoms with E-state index in [4.69, 9.17) is 9.52 Å². The Hall–Kier alpha value is -0.840. The van der Waals surface area contributed by atoms with Crippen LogP contribution in [0.2, 0.25) is 0 Å². The van der Waals surface area contributed by atoms with Crippen molar-refractivity contribution in [3.05, 3.63) is 23.2 Å². The van der Waals surface area contributed by atoms with Gasteiger partial charge in [-0.15, -0.1) is 0 Å². The Morgan fingerprint density at radius 1 is 0.862 bits per heavy atom. The van der Waals surface area contributed by atoms with Gasteiger partial charge in [-0.3, -0.25) is 0 Å². The molecule has 4 heteroatoms. The highest BCUT2D eigenvalue weighted by Gasteiger charge is 2.24. The average molecular weight is 412 g/mol. The zero-order valence-electron chi connectivity index (χ0n) is 20.3. The molecule has 1 unspecified atom stereocenters. The van der Waals surface area contributed by atoms with Gasteiger partial charge in [0, 0.05) is 0 Å². The molecule has 0 bridgehead atoms. The molecule has 0 radical (unpaired) electrons. The Labute approximate surface area is 180 Å². The van der Waals surface area contributed by atoms with Crippen molar-refractivity contribution < 1.29 is 19.1 Å². The van der Waals surface area contributed by atoms with E-state index in [0.29, 0.717) is 6.42 Å². The number of unbranched alkanes of at least 4 members (excludes halogenated alkanes) is 4. The molecule has 4 nitrogen and oxygen atoms in total. The third kappa shape index (κ3) is 13.1. The van der Waals surface area contributed by atoms with Gasteiger partial charge in [0.1, 0.15) is 11.5 Å². The number of hydrogen-bond donors (Lipinski definition) is 1. The lowest BCUT2D eigenvalue weighted by molar-refractivity contribution is -0.929. The van der Waals surface area contributed by atoms with Crippen LogP contribution >= 0.6 is 0 Å². The molecule has 1 N–H and O–H groups in total. The number of aliphatic hydroxyl groups is 1. The first kappa shape index (κ1) is 28.2. The molecule has 1 aromatic rings. The fourth-order valence-electron chi connectivity index (χ4n) is 3.86. The van der Waals surface area contributed by atoms with Crippen LogP contribution in [0.1, 0.15) is 103 Å². The lowest BCUT2D eigenvalue weighted by atomic mass is 10.1. The number of furan rings is 1. The fraction of sp³-hybridized carbons (Fsp3) is 0.840. The summed E-state index contributed by atoms with van der Waals surface area (Å²) in [5.74, 6) is 1.69. The molecule has 0 aliphatic rings. The van der Waals surface area contributed by atoms with E-state index in [0.717, 1.165) is 17.1 Å². The highest BCUT2D eigenvalue weighted by molar-refractivity contribution is 5.20. The third-order valence-electron chi connectivity index (χ3n) is 5.75. The highest BCUT2D eigenvalue weighted by Crippen LogP contribution is 2.17. The van der Waals surface area contributed by atoms with Gasteiger partial charge in [-0.2, -0.15) is 0 Å². The van der Waals surface area contributed by atoms with Crippen LogP contribution in [0.4, 0.5) is 0 Å². The zero-order chi connectivity index (χ0) is 22.1. The van der Waals surface area contributed by atoms with E-state index in [1.807, 2.05) is 19.9 Å². The second kappa shape index (κ2) is 16.9. The summed E-state index contributed by atoms with van der Waals surface area (Å²) in [5, 5.41) is 18.9. The Kier molecular flexibility index (Phi) is 16.4. The molecule has 0 aromatic carbocycles. The second-order valence-corrected chi connectivity index (χ2v) is 8.58. The summed E-state index contributed by atoms with van der Waals surface area (Å²) < 4.78 is 6.68. The quantitative estimate of drug-likeness (QED) is 0.306. The van der Waals surface area contributed by atoms with Crippen LogP contribution in [0.3, 0.4) is 0 Å². The van der Waals surface area contributed by atoms with Crippen molar-refractivity contribution in [2.45, 2.75) is 112 Å². The van der Waals surface area contributed by atoms with Crippen LogP contribution in [0.15, 0.2) is 10.5 Å². The molecule has 0 saturated heterocycles. The Bertz CT molecular complexity index is 459. The molecule has 29 heavy (non-hydrogen) atoms. The molecule has 0 aliphatic heterocycles. The van der Waals surface area contributed by atoms with Gasteiger partial charge in [0.25, 0.3) is 0 Å². The minimum atomic E-state index is -1.47. The summed E-state index contributed by atoms with van der Waals surface area (Å²) >= 11 is 0. The minimum absolute atomic E-state index is 0.250. The number of rotatable bonds is 15. The average Bonchev–Trinajstić information content (AvgIpc) is 3.03. The van der Waals surface area contributed by atoms with Crippen molar-refractivity contribution in [2.75, 3.05) is 26.2 Å². The van der Waals surface area contributed by atoms with Crippen LogP contribution in [0.5, 0.6) is 0 Å². The standard InChI is InChI=1S/C16H36N.C9H13O3/c1-5-9-13-17(14-10-6-2,15-11-7-3)16-12-8-4;1-6-5-8(7(2)12-6)3-4-9(10)11/h5-16H2,1-4H3;5,9-10H,3-4H2,1-2H3/q+1;-1. The molecular formula is C25H49NO3. The monoisotopic (exact) mass is 411 g/mol. The number of hydrogen-bond acceptors (Lipinski definition) is 3. The molecule has 0 aliphatic carbocycles. The van der Waals surface area contributed by atoms with E-state index in [-0.39, 0.29) is 6.42 Å². The van der Waals surface area contributed by atoms with Crippen molar-refractivity contribution in [2.24, 2.45) is 0 Å². The number of aryl methyl sites for hydroxylation is 3. The predicted octanol–water partition coefficient (Wildman–Crippen LogP) is 5.51. The van der Waals surface area contributed by atoms with Crippen molar-refractivity contribution >= 4 is 0 Å². The van der Waals surface area contributed by atoms with E-state index < -0.39 is 6.29 Å². The number of nitrogens with zero attached hydrogens (tertiary/aromatic N) is 1. The smallest absolute Gasteiger partial charge is 0.104 e. The van der Waals surface area contributed by atoms with Crippen LogP contribution < -0.4 is 5.11 Å². The molecule has 0 amide bonds. The molecule has 0 saturated carbocycles. The van der Waals surface area contributed by atoms with Gasteiger partial charge in [0.15, 0.2) is 0 Å². The number of aliphatic hydroxyl groups excluding tert-OH is 1. The van der Waals surface area contributed by atoms with Crippen molar-refractivity contribution in [3.63, 3.8) is 0 Å². The van der Waals surface area contributed by atoms with E-state index >= 15 is 0 Å². The van der Waals surface area contributed by atoms with Crippen LogP contribution in [-0.4, -0.2) is 42.1 Å². The van der Waals surface area contributed by atoms with E-state index in [1.165, 1.54) is 82.0 Å². The predicted molar refractivity (Wildman–Crippen MR) is 122 cm³/mol. The maximum absolute atomic E-state index is 10.3. The van der Waals surface area contributed by atoms with E-state index in [9.17, 15) is 5.11 Å². The Balaban J connectivity index is 0.000000571. The third-order valence-corrected chi connectivity index (χ3v) is 5.75. The first-order chi connectivity index (χ1) is 13.8. The van der Waals surface area contributed by atoms with E-state index in [2.05, 4.69) is 27.7 Å². The molecule has 0 fully saturated rings. The molecule has 1 rings (SSSR count). The van der Waals surface area contributed by atoms with Gasteiger partial charge >= 0.3 is 0 Å². The maximum Gasteiger partial charge on any atom is 0.104 e. The summed E-state index contributed by atoms with van der Waals surface area (Å²) in [4.78, 5) is 0. The van der Waals surface area contributed by atoms with Crippen molar-refractivity contribution in [1.82, 2.24) is 0 Å². The normalized spacial score (nSPS) is 12.6. The molecule has 1 heterocycles. The van der Waals surface area contributed by atoms with Crippen LogP contribution in [0.25, 0.3) is 0 Å². The highest BCUT2D eigenvalue weighted by atomic mass is 16.5. The molecule has 0 spiro atoms. The summed E-state index contributed by atoms with van der Waals surface area (Å²) in [6.45, 7) is 18.7. The first-order valence-corrected chi connectivity index (χ1v) is 12.1. The molecule has 1 aromatic heterocycles. The fourth-order valence-corrected chi connectivity index (χ4v) is 3.86. The lowest BCUT2D eigenvalue weighted by Crippen LogP contribution is -2.50. The lowest BCUT2D eigenvalue weighted by Gasteiger charge is -2.39. The van der Waals surface area contributed by atoms with Crippen molar-refractivity contribution in [3.8, 4) is 0 Å². The largest absolute Gasteiger partial charge is 0.831 e. The Morgan fingerprint density at radius 2 is 1.28 bits per heavy atom. The van der Waals surface area contributed by atoms with Gasteiger partial charge < -0.3 is 19.1 Å². The van der Waals surface area contributed by atoms with Gasteiger partial charge in [0.2, 0.25) is 0 Å². The second-order valence-electron chi connectivity index (χ2n) is 8.58.